The summed E-state index contributed by atoms with van der Waals surface area (Å²) in [6.07, 6.45) is 4.97. The molecule has 2 N–H and O–H groups in total. The molecule has 1 aliphatic rings. The van der Waals surface area contributed by atoms with Gasteiger partial charge in [0, 0.05) is 6.54 Å². The molecule has 2 aromatic rings. The normalized spacial score (nSPS) is 15.4. The molecule has 0 spiro atoms. The maximum Gasteiger partial charge on any atom is 0.255 e. The zero-order valence-corrected chi connectivity index (χ0v) is 16.7. The molecule has 1 fully saturated rings. The van der Waals surface area contributed by atoms with Crippen molar-refractivity contribution in [3.05, 3.63) is 65.2 Å². The van der Waals surface area contributed by atoms with Crippen molar-refractivity contribution in [2.45, 2.75) is 52.4 Å². The third-order valence-electron chi connectivity index (χ3n) is 5.52. The Labute approximate surface area is 162 Å². The summed E-state index contributed by atoms with van der Waals surface area (Å²) < 4.78 is 0. The monoisotopic (exact) mass is 365 g/mol. The fourth-order valence-electron chi connectivity index (χ4n) is 3.81. The number of amides is 1. The van der Waals surface area contributed by atoms with Crippen molar-refractivity contribution in [1.29, 1.82) is 0 Å². The number of rotatable bonds is 8. The second-order valence-electron chi connectivity index (χ2n) is 8.82. The molecule has 3 nitrogen and oxygen atoms in total. The Morgan fingerprint density at radius 1 is 1.15 bits per heavy atom. The minimum absolute atomic E-state index is 0.0204. The molecule has 0 aromatic heterocycles. The first-order valence-electron chi connectivity index (χ1n) is 10.00. The summed E-state index contributed by atoms with van der Waals surface area (Å²) >= 11 is 0. The van der Waals surface area contributed by atoms with Crippen LogP contribution in [-0.2, 0) is 6.42 Å². The Balaban J connectivity index is 1.64. The van der Waals surface area contributed by atoms with E-state index in [1.807, 2.05) is 0 Å². The van der Waals surface area contributed by atoms with Gasteiger partial charge in [-0.2, -0.15) is 0 Å². The molecule has 1 aliphatic carbocycles. The highest BCUT2D eigenvalue weighted by Gasteiger charge is 2.27. The van der Waals surface area contributed by atoms with Crippen molar-refractivity contribution in [3.63, 3.8) is 0 Å². The van der Waals surface area contributed by atoms with E-state index >= 15 is 0 Å². The fraction of sp³-hybridized carbons (Fsp3) is 0.458. The van der Waals surface area contributed by atoms with E-state index in [0.717, 1.165) is 12.3 Å². The van der Waals surface area contributed by atoms with Crippen molar-refractivity contribution in [3.8, 4) is 5.75 Å². The van der Waals surface area contributed by atoms with Gasteiger partial charge in [-0.3, -0.25) is 4.79 Å². The van der Waals surface area contributed by atoms with E-state index in [-0.39, 0.29) is 17.1 Å². The van der Waals surface area contributed by atoms with Crippen LogP contribution in [0.1, 0.15) is 67.4 Å². The molecule has 1 saturated carbocycles. The smallest absolute Gasteiger partial charge is 0.255 e. The van der Waals surface area contributed by atoms with Gasteiger partial charge in [-0.05, 0) is 53.4 Å². The van der Waals surface area contributed by atoms with Gasteiger partial charge in [0.15, 0.2) is 0 Å². The number of benzene rings is 2. The van der Waals surface area contributed by atoms with Crippen molar-refractivity contribution >= 4 is 5.91 Å². The molecular weight excluding hydrogens is 334 g/mol. The highest BCUT2D eigenvalue weighted by atomic mass is 16.3. The van der Waals surface area contributed by atoms with Gasteiger partial charge in [-0.1, -0.05) is 70.0 Å². The Morgan fingerprint density at radius 2 is 1.81 bits per heavy atom. The molecule has 1 unspecified atom stereocenters. The Bertz CT molecular complexity index is 792. The zero-order valence-electron chi connectivity index (χ0n) is 16.7. The van der Waals surface area contributed by atoms with Gasteiger partial charge in [0.05, 0.1) is 5.56 Å². The van der Waals surface area contributed by atoms with Gasteiger partial charge in [-0.25, -0.2) is 0 Å². The van der Waals surface area contributed by atoms with Crippen LogP contribution in [0.2, 0.25) is 0 Å². The van der Waals surface area contributed by atoms with E-state index in [2.05, 4.69) is 50.4 Å². The Kier molecular flexibility index (Phi) is 5.88. The number of phenolic OH excluding ortho intramolecular Hbond substituents is 1. The van der Waals surface area contributed by atoms with Crippen molar-refractivity contribution in [1.82, 2.24) is 5.32 Å². The summed E-state index contributed by atoms with van der Waals surface area (Å²) in [5, 5.41) is 12.9. The molecule has 27 heavy (non-hydrogen) atoms. The molecule has 0 aliphatic heterocycles. The molecule has 1 atom stereocenters. The van der Waals surface area contributed by atoms with E-state index in [9.17, 15) is 9.90 Å². The Morgan fingerprint density at radius 3 is 2.52 bits per heavy atom. The van der Waals surface area contributed by atoms with Crippen molar-refractivity contribution in [2.24, 2.45) is 11.3 Å². The summed E-state index contributed by atoms with van der Waals surface area (Å²) in [6.45, 7) is 7.26. The van der Waals surface area contributed by atoms with Crippen LogP contribution in [0.5, 0.6) is 5.75 Å². The number of carbonyl (C=O) groups excluding carboxylic acids is 1. The van der Waals surface area contributed by atoms with Crippen LogP contribution in [0, 0.1) is 11.3 Å². The molecule has 144 valence electrons. The summed E-state index contributed by atoms with van der Waals surface area (Å²) in [4.78, 5) is 12.4. The van der Waals surface area contributed by atoms with Crippen molar-refractivity contribution in [2.75, 3.05) is 6.54 Å². The maximum atomic E-state index is 12.4. The first-order chi connectivity index (χ1) is 12.9. The molecule has 2 aromatic carbocycles. The molecule has 0 saturated heterocycles. The van der Waals surface area contributed by atoms with Crippen LogP contribution >= 0.6 is 0 Å². The summed E-state index contributed by atoms with van der Waals surface area (Å²) in [5.74, 6) is 1.29. The molecule has 0 bridgehead atoms. The van der Waals surface area contributed by atoms with Crippen LogP contribution in [0.25, 0.3) is 0 Å². The van der Waals surface area contributed by atoms with Crippen LogP contribution < -0.4 is 5.32 Å². The van der Waals surface area contributed by atoms with E-state index < -0.39 is 0 Å². The summed E-state index contributed by atoms with van der Waals surface area (Å²) in [7, 11) is 0. The quantitative estimate of drug-likeness (QED) is 0.667. The predicted octanol–water partition coefficient (Wildman–Crippen LogP) is 5.29. The minimum Gasteiger partial charge on any atom is -0.507 e. The topological polar surface area (TPSA) is 49.3 Å². The number of aromatic hydroxyl groups is 1. The maximum absolute atomic E-state index is 12.4. The van der Waals surface area contributed by atoms with Crippen molar-refractivity contribution < 1.29 is 9.90 Å². The van der Waals surface area contributed by atoms with E-state index in [4.69, 9.17) is 0 Å². The van der Waals surface area contributed by atoms with Gasteiger partial charge in [0.1, 0.15) is 5.75 Å². The van der Waals surface area contributed by atoms with Gasteiger partial charge in [0.2, 0.25) is 0 Å². The number of para-hydroxylation sites is 1. The summed E-state index contributed by atoms with van der Waals surface area (Å²) in [5.41, 5.74) is 3.08. The van der Waals surface area contributed by atoms with Crippen LogP contribution in [-0.4, -0.2) is 17.6 Å². The summed E-state index contributed by atoms with van der Waals surface area (Å²) in [6, 6.07) is 15.4. The molecule has 0 radical (unpaired) electrons. The molecule has 3 heteroatoms. The first-order valence-corrected chi connectivity index (χ1v) is 10.00. The van der Waals surface area contributed by atoms with E-state index in [1.54, 1.807) is 18.2 Å². The average molecular weight is 366 g/mol. The highest BCUT2D eigenvalue weighted by Crippen LogP contribution is 2.39. The number of nitrogens with one attached hydrogen (secondary N) is 1. The lowest BCUT2D eigenvalue weighted by molar-refractivity contribution is 0.0933. The third kappa shape index (κ3) is 5.35. The second-order valence-corrected chi connectivity index (χ2v) is 8.82. The first kappa shape index (κ1) is 19.5. The number of hydrogen-bond donors (Lipinski definition) is 2. The fourth-order valence-corrected chi connectivity index (χ4v) is 3.81. The lowest BCUT2D eigenvalue weighted by atomic mass is 9.81. The lowest BCUT2D eigenvalue weighted by Crippen LogP contribution is -2.35. The van der Waals surface area contributed by atoms with Crippen LogP contribution in [0.4, 0.5) is 0 Å². The molecule has 1 amide bonds. The lowest BCUT2D eigenvalue weighted by Gasteiger charge is -2.27. The zero-order chi connectivity index (χ0) is 19.4. The Hall–Kier alpha value is -2.29. The van der Waals surface area contributed by atoms with E-state index in [0.29, 0.717) is 18.0 Å². The SMILES string of the molecule is CC(CC1CC1)c1ccccc1CC(C)(C)CNC(=O)c1ccccc1O. The van der Waals surface area contributed by atoms with Crippen LogP contribution in [0.15, 0.2) is 48.5 Å². The van der Waals surface area contributed by atoms with Crippen LogP contribution in [0.3, 0.4) is 0 Å². The van der Waals surface area contributed by atoms with Gasteiger partial charge >= 0.3 is 0 Å². The standard InChI is InChI=1S/C24H31NO2/c1-17(14-18-12-13-18)20-9-5-4-8-19(20)15-24(2,3)16-25-23(27)21-10-6-7-11-22(21)26/h4-11,17-18,26H,12-16H2,1-3H3,(H,25,27). The van der Waals surface area contributed by atoms with E-state index in [1.165, 1.54) is 36.5 Å². The number of carbonyl (C=O) groups is 1. The molecule has 3 rings (SSSR count). The second kappa shape index (κ2) is 8.16. The average Bonchev–Trinajstić information content (AvgIpc) is 3.44. The molecular formula is C24H31NO2. The number of phenols is 1. The van der Waals surface area contributed by atoms with Gasteiger partial charge < -0.3 is 10.4 Å². The van der Waals surface area contributed by atoms with Gasteiger partial charge in [0.25, 0.3) is 5.91 Å². The van der Waals surface area contributed by atoms with Gasteiger partial charge in [-0.15, -0.1) is 0 Å². The largest absolute Gasteiger partial charge is 0.507 e. The minimum atomic E-state index is -0.225. The third-order valence-corrected chi connectivity index (χ3v) is 5.52. The number of hydrogen-bond acceptors (Lipinski definition) is 2. The predicted molar refractivity (Wildman–Crippen MR) is 110 cm³/mol. The molecule has 0 heterocycles. The highest BCUT2D eigenvalue weighted by molar-refractivity contribution is 5.96.